The monoisotopic (exact) mass is 208 g/mol. The first-order valence-corrected chi connectivity index (χ1v) is 5.57. The Labute approximate surface area is 97.3 Å². The molecule has 0 atom stereocenters. The van der Waals surface area contributed by atoms with Crippen LogP contribution in [0.4, 0.5) is 0 Å². The number of rotatable bonds is 2. The lowest BCUT2D eigenvalue weighted by molar-refractivity contribution is 1.43. The first-order chi connectivity index (χ1) is 7.77. The molecule has 0 saturated carbocycles. The Kier molecular flexibility index (Phi) is 3.21. The van der Waals surface area contributed by atoms with Gasteiger partial charge < -0.3 is 0 Å². The third-order valence-corrected chi connectivity index (χ3v) is 2.82. The summed E-state index contributed by atoms with van der Waals surface area (Å²) in [5, 5.41) is 0. The van der Waals surface area contributed by atoms with E-state index in [-0.39, 0.29) is 0 Å². The van der Waals surface area contributed by atoms with Crippen molar-refractivity contribution >= 4 is 12.2 Å². The fourth-order valence-corrected chi connectivity index (χ4v) is 1.73. The Bertz CT molecular complexity index is 459. The predicted molar refractivity (Wildman–Crippen MR) is 71.3 cm³/mol. The minimum absolute atomic E-state index is 1.28. The topological polar surface area (TPSA) is 0 Å². The standard InChI is InChI=1S/C16H16/c1-13-7-3-5-9-15(13)11-12-16-10-6-4-8-14(16)2/h3-12H,1-2H3. The van der Waals surface area contributed by atoms with E-state index >= 15 is 0 Å². The molecule has 0 fully saturated rings. The van der Waals surface area contributed by atoms with Gasteiger partial charge in [-0.2, -0.15) is 0 Å². The molecule has 0 bridgehead atoms. The molecular weight excluding hydrogens is 192 g/mol. The Morgan fingerprint density at radius 3 is 1.38 bits per heavy atom. The number of benzene rings is 2. The van der Waals surface area contributed by atoms with Crippen molar-refractivity contribution in [3.63, 3.8) is 0 Å². The van der Waals surface area contributed by atoms with E-state index in [9.17, 15) is 0 Å². The van der Waals surface area contributed by atoms with Gasteiger partial charge in [-0.05, 0) is 36.1 Å². The quantitative estimate of drug-likeness (QED) is 0.638. The van der Waals surface area contributed by atoms with Crippen LogP contribution in [0.25, 0.3) is 12.2 Å². The molecule has 0 aromatic heterocycles. The zero-order valence-electron chi connectivity index (χ0n) is 9.77. The zero-order valence-corrected chi connectivity index (χ0v) is 9.77. The summed E-state index contributed by atoms with van der Waals surface area (Å²) in [4.78, 5) is 0. The van der Waals surface area contributed by atoms with E-state index in [0.29, 0.717) is 0 Å². The van der Waals surface area contributed by atoms with Crippen LogP contribution in [-0.2, 0) is 0 Å². The molecule has 0 radical (unpaired) electrons. The van der Waals surface area contributed by atoms with Crippen molar-refractivity contribution in [2.24, 2.45) is 0 Å². The lowest BCUT2D eigenvalue weighted by Crippen LogP contribution is -1.80. The zero-order chi connectivity index (χ0) is 11.4. The van der Waals surface area contributed by atoms with Crippen molar-refractivity contribution in [2.45, 2.75) is 13.8 Å². The fraction of sp³-hybridized carbons (Fsp3) is 0.125. The maximum Gasteiger partial charge on any atom is -0.0227 e. The van der Waals surface area contributed by atoms with Gasteiger partial charge >= 0.3 is 0 Å². The number of aryl methyl sites for hydroxylation is 2. The highest BCUT2D eigenvalue weighted by molar-refractivity contribution is 5.72. The number of hydrogen-bond acceptors (Lipinski definition) is 0. The summed E-state index contributed by atoms with van der Waals surface area (Å²) in [6, 6.07) is 16.8. The molecular formula is C16H16. The highest BCUT2D eigenvalue weighted by atomic mass is 14.0. The Morgan fingerprint density at radius 1 is 0.625 bits per heavy atom. The first kappa shape index (κ1) is 10.7. The van der Waals surface area contributed by atoms with Crippen molar-refractivity contribution in [3.8, 4) is 0 Å². The molecule has 0 nitrogen and oxygen atoms in total. The molecule has 16 heavy (non-hydrogen) atoms. The van der Waals surface area contributed by atoms with Crippen LogP contribution in [0.3, 0.4) is 0 Å². The van der Waals surface area contributed by atoms with Gasteiger partial charge in [0.25, 0.3) is 0 Å². The molecule has 0 saturated heterocycles. The van der Waals surface area contributed by atoms with Gasteiger partial charge in [-0.15, -0.1) is 0 Å². The third kappa shape index (κ3) is 2.40. The SMILES string of the molecule is Cc1ccccc1C=Cc1ccccc1C. The summed E-state index contributed by atoms with van der Waals surface area (Å²) in [5.74, 6) is 0. The minimum atomic E-state index is 1.28. The normalized spacial score (nSPS) is 10.9. The van der Waals surface area contributed by atoms with Crippen LogP contribution in [0, 0.1) is 13.8 Å². The molecule has 0 N–H and O–H groups in total. The fourth-order valence-electron chi connectivity index (χ4n) is 1.73. The van der Waals surface area contributed by atoms with Crippen LogP contribution in [-0.4, -0.2) is 0 Å². The van der Waals surface area contributed by atoms with Gasteiger partial charge in [-0.25, -0.2) is 0 Å². The molecule has 0 spiro atoms. The van der Waals surface area contributed by atoms with Crippen LogP contribution in [0.2, 0.25) is 0 Å². The van der Waals surface area contributed by atoms with E-state index in [1.807, 2.05) is 0 Å². The summed E-state index contributed by atoms with van der Waals surface area (Å²) in [6.07, 6.45) is 4.36. The average molecular weight is 208 g/mol. The second kappa shape index (κ2) is 4.80. The van der Waals surface area contributed by atoms with Gasteiger partial charge in [0.2, 0.25) is 0 Å². The van der Waals surface area contributed by atoms with Crippen LogP contribution < -0.4 is 0 Å². The van der Waals surface area contributed by atoms with Gasteiger partial charge in [0.05, 0.1) is 0 Å². The van der Waals surface area contributed by atoms with Gasteiger partial charge in [0.15, 0.2) is 0 Å². The molecule has 2 rings (SSSR count). The first-order valence-electron chi connectivity index (χ1n) is 5.57. The summed E-state index contributed by atoms with van der Waals surface area (Å²) in [5.41, 5.74) is 5.19. The van der Waals surface area contributed by atoms with Crippen LogP contribution >= 0.6 is 0 Å². The van der Waals surface area contributed by atoms with Gasteiger partial charge in [0, 0.05) is 0 Å². The van der Waals surface area contributed by atoms with E-state index in [1.54, 1.807) is 0 Å². The highest BCUT2D eigenvalue weighted by Crippen LogP contribution is 2.14. The maximum atomic E-state index is 2.18. The molecule has 0 unspecified atom stereocenters. The highest BCUT2D eigenvalue weighted by Gasteiger charge is 1.93. The molecule has 0 heterocycles. The van der Waals surface area contributed by atoms with Crippen LogP contribution in [0.5, 0.6) is 0 Å². The van der Waals surface area contributed by atoms with Crippen molar-refractivity contribution in [3.05, 3.63) is 70.8 Å². The summed E-state index contributed by atoms with van der Waals surface area (Å²) >= 11 is 0. The minimum Gasteiger partial charge on any atom is -0.0620 e. The average Bonchev–Trinajstić information content (AvgIpc) is 2.30. The van der Waals surface area contributed by atoms with E-state index in [4.69, 9.17) is 0 Å². The van der Waals surface area contributed by atoms with Crippen molar-refractivity contribution in [1.29, 1.82) is 0 Å². The Hall–Kier alpha value is -1.82. The lowest BCUT2D eigenvalue weighted by atomic mass is 10.0. The predicted octanol–water partition coefficient (Wildman–Crippen LogP) is 4.47. The van der Waals surface area contributed by atoms with Crippen molar-refractivity contribution < 1.29 is 0 Å². The van der Waals surface area contributed by atoms with E-state index in [1.165, 1.54) is 22.3 Å². The Balaban J connectivity index is 2.29. The summed E-state index contributed by atoms with van der Waals surface area (Å²) < 4.78 is 0. The molecule has 2 aromatic rings. The maximum absolute atomic E-state index is 2.18. The lowest BCUT2D eigenvalue weighted by Gasteiger charge is -2.01. The van der Waals surface area contributed by atoms with Crippen molar-refractivity contribution in [1.82, 2.24) is 0 Å². The summed E-state index contributed by atoms with van der Waals surface area (Å²) in [6.45, 7) is 4.27. The molecule has 0 aliphatic carbocycles. The largest absolute Gasteiger partial charge is 0.0620 e. The van der Waals surface area contributed by atoms with Crippen molar-refractivity contribution in [2.75, 3.05) is 0 Å². The van der Waals surface area contributed by atoms with Gasteiger partial charge in [0.1, 0.15) is 0 Å². The van der Waals surface area contributed by atoms with Gasteiger partial charge in [-0.3, -0.25) is 0 Å². The van der Waals surface area contributed by atoms with E-state index < -0.39 is 0 Å². The molecule has 0 aliphatic heterocycles. The molecule has 2 aromatic carbocycles. The molecule has 0 amide bonds. The van der Waals surface area contributed by atoms with E-state index in [0.717, 1.165) is 0 Å². The van der Waals surface area contributed by atoms with E-state index in [2.05, 4.69) is 74.5 Å². The van der Waals surface area contributed by atoms with Crippen LogP contribution in [0.15, 0.2) is 48.5 Å². The molecule has 0 aliphatic rings. The smallest absolute Gasteiger partial charge is 0.0227 e. The van der Waals surface area contributed by atoms with Crippen LogP contribution in [0.1, 0.15) is 22.3 Å². The second-order valence-corrected chi connectivity index (χ2v) is 4.05. The number of hydrogen-bond donors (Lipinski definition) is 0. The Morgan fingerprint density at radius 2 is 1.00 bits per heavy atom. The molecule has 80 valence electrons. The van der Waals surface area contributed by atoms with Gasteiger partial charge in [-0.1, -0.05) is 60.7 Å². The third-order valence-electron chi connectivity index (χ3n) is 2.82. The second-order valence-electron chi connectivity index (χ2n) is 4.05. The molecule has 0 heteroatoms. The summed E-state index contributed by atoms with van der Waals surface area (Å²) in [7, 11) is 0.